The lowest BCUT2D eigenvalue weighted by Gasteiger charge is -2.16. The number of carbonyl (C=O) groups excluding carboxylic acids is 1. The maximum absolute atomic E-state index is 14.1. The van der Waals surface area contributed by atoms with Crippen molar-refractivity contribution < 1.29 is 22.0 Å². The zero-order valence-corrected chi connectivity index (χ0v) is 18.8. The maximum Gasteiger partial charge on any atom is 0.285 e. The summed E-state index contributed by atoms with van der Waals surface area (Å²) in [6.07, 6.45) is 1.93. The van der Waals surface area contributed by atoms with Gasteiger partial charge in [-0.15, -0.1) is 0 Å². The van der Waals surface area contributed by atoms with Crippen LogP contribution in [0.3, 0.4) is 0 Å². The second-order valence-electron chi connectivity index (χ2n) is 6.41. The monoisotopic (exact) mass is 507 g/mol. The van der Waals surface area contributed by atoms with E-state index < -0.39 is 33.2 Å². The van der Waals surface area contributed by atoms with Gasteiger partial charge >= 0.3 is 0 Å². The molecule has 0 atom stereocenters. The molecule has 31 heavy (non-hydrogen) atoms. The normalized spacial score (nSPS) is 12.1. The first kappa shape index (κ1) is 23.5. The van der Waals surface area contributed by atoms with Crippen LogP contribution in [0.5, 0.6) is 0 Å². The summed E-state index contributed by atoms with van der Waals surface area (Å²) < 4.78 is 56.3. The van der Waals surface area contributed by atoms with Crippen LogP contribution in [0.1, 0.15) is 29.4 Å². The largest absolute Gasteiger partial charge is 0.305 e. The molecular formula is C19H14Cl3F2N3O3S. The van der Waals surface area contributed by atoms with Crippen LogP contribution in [0.4, 0.5) is 8.78 Å². The molecule has 164 valence electrons. The van der Waals surface area contributed by atoms with Gasteiger partial charge in [-0.25, -0.2) is 26.9 Å². The smallest absolute Gasteiger partial charge is 0.285 e. The van der Waals surface area contributed by atoms with E-state index in [9.17, 15) is 22.0 Å². The molecule has 0 aliphatic rings. The minimum absolute atomic E-state index is 0.0660. The number of hydrogen-bond acceptors (Lipinski definition) is 4. The summed E-state index contributed by atoms with van der Waals surface area (Å²) in [5.41, 5.74) is -0.358. The number of benzene rings is 2. The van der Waals surface area contributed by atoms with E-state index in [0.717, 1.165) is 6.07 Å². The van der Waals surface area contributed by atoms with Crippen molar-refractivity contribution in [3.63, 3.8) is 0 Å². The lowest BCUT2D eigenvalue weighted by atomic mass is 10.1. The van der Waals surface area contributed by atoms with E-state index in [2.05, 4.69) is 4.98 Å². The molecule has 0 saturated heterocycles. The Kier molecular flexibility index (Phi) is 6.61. The van der Waals surface area contributed by atoms with Gasteiger partial charge in [0.25, 0.3) is 21.9 Å². The summed E-state index contributed by atoms with van der Waals surface area (Å²) in [5, 5.41) is -0.264. The Labute approximate surface area is 191 Å². The number of sulfonamides is 1. The molecule has 6 nitrogen and oxygen atoms in total. The highest BCUT2D eigenvalue weighted by atomic mass is 35.5. The first-order chi connectivity index (χ1) is 14.4. The molecule has 3 rings (SSSR count). The van der Waals surface area contributed by atoms with Gasteiger partial charge < -0.3 is 4.57 Å². The minimum Gasteiger partial charge on any atom is -0.305 e. The Morgan fingerprint density at radius 1 is 1.16 bits per heavy atom. The molecule has 1 amide bonds. The summed E-state index contributed by atoms with van der Waals surface area (Å²) in [7, 11) is -4.39. The van der Waals surface area contributed by atoms with Crippen molar-refractivity contribution in [3.05, 3.63) is 75.2 Å². The number of nitrogens with one attached hydrogen (secondary N) is 1. The summed E-state index contributed by atoms with van der Waals surface area (Å²) >= 11 is 17.8. The Bertz CT molecular complexity index is 1240. The molecule has 0 radical (unpaired) electrons. The molecule has 0 saturated carbocycles. The number of imidazole rings is 1. The van der Waals surface area contributed by atoms with Gasteiger partial charge in [-0.3, -0.25) is 4.79 Å². The third-order valence-electron chi connectivity index (χ3n) is 4.28. The van der Waals surface area contributed by atoms with Gasteiger partial charge in [-0.2, -0.15) is 0 Å². The fraction of sp³-hybridized carbons (Fsp3) is 0.158. The third kappa shape index (κ3) is 5.01. The van der Waals surface area contributed by atoms with Crippen molar-refractivity contribution in [2.75, 3.05) is 0 Å². The van der Waals surface area contributed by atoms with Crippen molar-refractivity contribution in [2.45, 2.75) is 24.2 Å². The fourth-order valence-corrected chi connectivity index (χ4v) is 5.02. The van der Waals surface area contributed by atoms with Crippen LogP contribution in [-0.4, -0.2) is 23.9 Å². The number of nitrogens with zero attached hydrogens (tertiary/aromatic N) is 2. The van der Waals surface area contributed by atoms with E-state index >= 15 is 0 Å². The lowest BCUT2D eigenvalue weighted by molar-refractivity contribution is -0.00829. The van der Waals surface area contributed by atoms with Gasteiger partial charge in [0, 0.05) is 28.9 Å². The molecule has 2 aromatic carbocycles. The van der Waals surface area contributed by atoms with Crippen LogP contribution in [0.15, 0.2) is 53.8 Å². The number of alkyl halides is 2. The van der Waals surface area contributed by atoms with Gasteiger partial charge in [0.05, 0.1) is 10.0 Å². The zero-order valence-electron chi connectivity index (χ0n) is 15.7. The number of rotatable bonds is 6. The van der Waals surface area contributed by atoms with Gasteiger partial charge in [0.15, 0.2) is 0 Å². The number of amides is 1. The van der Waals surface area contributed by atoms with Crippen molar-refractivity contribution in [1.29, 1.82) is 0 Å². The summed E-state index contributed by atoms with van der Waals surface area (Å²) in [6.45, 7) is 1.34. The minimum atomic E-state index is -4.39. The first-order valence-corrected chi connectivity index (χ1v) is 11.3. The predicted octanol–water partition coefficient (Wildman–Crippen LogP) is 5.45. The van der Waals surface area contributed by atoms with E-state index in [1.54, 1.807) is 0 Å². The highest BCUT2D eigenvalue weighted by Gasteiger charge is 2.30. The molecule has 0 aliphatic heterocycles. The predicted molar refractivity (Wildman–Crippen MR) is 114 cm³/mol. The van der Waals surface area contributed by atoms with Crippen LogP contribution in [0, 0.1) is 0 Å². The Hall–Kier alpha value is -2.20. The van der Waals surface area contributed by atoms with E-state index in [0.29, 0.717) is 0 Å². The van der Waals surface area contributed by atoms with E-state index in [1.807, 2.05) is 4.72 Å². The van der Waals surface area contributed by atoms with E-state index in [4.69, 9.17) is 34.8 Å². The Morgan fingerprint density at radius 3 is 2.42 bits per heavy atom. The van der Waals surface area contributed by atoms with Gasteiger partial charge in [0.2, 0.25) is 0 Å². The van der Waals surface area contributed by atoms with Crippen LogP contribution >= 0.6 is 34.8 Å². The fourth-order valence-electron chi connectivity index (χ4n) is 2.68. The molecule has 0 unspecified atom stereocenters. The lowest BCUT2D eigenvalue weighted by Crippen LogP contribution is -2.31. The Balaban J connectivity index is 1.90. The van der Waals surface area contributed by atoms with E-state index in [1.165, 1.54) is 54.3 Å². The van der Waals surface area contributed by atoms with Crippen molar-refractivity contribution in [3.8, 4) is 5.69 Å². The SMILES string of the molecule is CCC(F)(F)c1cc(Cl)cc(-n2cnc(C(=O)NS(=O)(=O)c3c(Cl)cccc3Cl)c2)c1. The molecule has 0 spiro atoms. The summed E-state index contributed by atoms with van der Waals surface area (Å²) in [4.78, 5) is 15.8. The second kappa shape index (κ2) is 8.74. The van der Waals surface area contributed by atoms with Gasteiger partial charge in [-0.05, 0) is 30.3 Å². The first-order valence-electron chi connectivity index (χ1n) is 8.69. The second-order valence-corrected chi connectivity index (χ2v) is 9.28. The molecule has 1 N–H and O–H groups in total. The van der Waals surface area contributed by atoms with Crippen LogP contribution < -0.4 is 4.72 Å². The average molecular weight is 509 g/mol. The average Bonchev–Trinajstić information content (AvgIpc) is 3.17. The maximum atomic E-state index is 14.1. The number of hydrogen-bond donors (Lipinski definition) is 1. The highest BCUT2D eigenvalue weighted by Crippen LogP contribution is 2.34. The molecule has 1 heterocycles. The van der Waals surface area contributed by atoms with Crippen LogP contribution in [-0.2, 0) is 15.9 Å². The summed E-state index contributed by atoms with van der Waals surface area (Å²) in [5.74, 6) is -4.15. The highest BCUT2D eigenvalue weighted by molar-refractivity contribution is 7.90. The topological polar surface area (TPSA) is 81.1 Å². The molecular weight excluding hydrogens is 495 g/mol. The Morgan fingerprint density at radius 2 is 1.81 bits per heavy atom. The molecule has 3 aromatic rings. The molecule has 0 fully saturated rings. The van der Waals surface area contributed by atoms with E-state index in [-0.39, 0.29) is 32.0 Å². The molecule has 0 bridgehead atoms. The number of aromatic nitrogens is 2. The summed E-state index contributed by atoms with van der Waals surface area (Å²) in [6, 6.07) is 7.83. The van der Waals surface area contributed by atoms with Crippen LogP contribution in [0.2, 0.25) is 15.1 Å². The van der Waals surface area contributed by atoms with Gasteiger partial charge in [-0.1, -0.05) is 47.8 Å². The third-order valence-corrected chi connectivity index (χ3v) is 6.78. The van der Waals surface area contributed by atoms with Crippen LogP contribution in [0.25, 0.3) is 5.69 Å². The molecule has 1 aromatic heterocycles. The number of halogens is 5. The van der Waals surface area contributed by atoms with Crippen molar-refractivity contribution >= 4 is 50.7 Å². The van der Waals surface area contributed by atoms with Crippen molar-refractivity contribution in [2.24, 2.45) is 0 Å². The zero-order chi connectivity index (χ0) is 23.0. The molecule has 12 heteroatoms. The number of carbonyl (C=O) groups is 1. The molecule has 0 aliphatic carbocycles. The van der Waals surface area contributed by atoms with Gasteiger partial charge in [0.1, 0.15) is 16.9 Å². The standard InChI is InChI=1S/C19H14Cl3F2N3O3S/c1-2-19(23,24)11-6-12(20)8-13(7-11)27-9-16(25-10-27)18(28)26-31(29,30)17-14(21)4-3-5-15(17)22/h3-10H,2H2,1H3,(H,26,28). The van der Waals surface area contributed by atoms with Crippen molar-refractivity contribution in [1.82, 2.24) is 14.3 Å². The quantitative estimate of drug-likeness (QED) is 0.480.